The van der Waals surface area contributed by atoms with Crippen molar-refractivity contribution in [2.45, 2.75) is 44.6 Å². The fourth-order valence-corrected chi connectivity index (χ4v) is 4.46. The Morgan fingerprint density at radius 1 is 0.900 bits per heavy atom. The highest BCUT2D eigenvalue weighted by Crippen LogP contribution is 2.30. The molecule has 1 saturated heterocycles. The smallest absolute Gasteiger partial charge is 0.252 e. The molecule has 0 aromatic heterocycles. The number of aliphatic hydroxyl groups is 1. The molecular weight excluding hydrogens is 508 g/mol. The standard InChI is InChI=1S/C32H36N2O6/c1-22(2)16-27(29(36)32(20-35)21-40-32)33-31(38)28(19-39-18-23-10-5-3-6-11-23)34-30(37)26-15-9-14-25(17-26)24-12-7-4-8-13-24/h3-15,17,22,27-28,35H,16,18-21H2,1-2H3,(H,33,38)(H,34,37)/t27?,28-,32?/m0/s1. The second-order valence-corrected chi connectivity index (χ2v) is 10.5. The zero-order valence-corrected chi connectivity index (χ0v) is 22.8. The van der Waals surface area contributed by atoms with Gasteiger partial charge in [-0.2, -0.15) is 0 Å². The summed E-state index contributed by atoms with van der Waals surface area (Å²) in [5.74, 6) is -1.27. The normalized spacial score (nSPS) is 17.6. The molecule has 210 valence electrons. The number of ketones is 1. The lowest BCUT2D eigenvalue weighted by atomic mass is 9.92. The van der Waals surface area contributed by atoms with Crippen LogP contribution >= 0.6 is 0 Å². The van der Waals surface area contributed by atoms with Crippen molar-refractivity contribution in [1.82, 2.24) is 10.6 Å². The maximum atomic E-state index is 13.5. The number of amides is 2. The fourth-order valence-electron chi connectivity index (χ4n) is 4.46. The molecule has 0 saturated carbocycles. The van der Waals surface area contributed by atoms with Gasteiger partial charge >= 0.3 is 0 Å². The number of hydrogen-bond acceptors (Lipinski definition) is 6. The van der Waals surface area contributed by atoms with Crippen molar-refractivity contribution in [3.05, 3.63) is 96.1 Å². The number of carbonyl (C=O) groups is 3. The molecule has 8 nitrogen and oxygen atoms in total. The van der Waals surface area contributed by atoms with Crippen LogP contribution in [0.4, 0.5) is 0 Å². The van der Waals surface area contributed by atoms with E-state index in [2.05, 4.69) is 10.6 Å². The van der Waals surface area contributed by atoms with Crippen LogP contribution in [0.3, 0.4) is 0 Å². The third-order valence-electron chi connectivity index (χ3n) is 6.79. The predicted octanol–water partition coefficient (Wildman–Crippen LogP) is 3.53. The first-order valence-corrected chi connectivity index (χ1v) is 13.5. The average Bonchev–Trinajstić information content (AvgIpc) is 3.78. The van der Waals surface area contributed by atoms with Crippen molar-refractivity contribution in [1.29, 1.82) is 0 Å². The SMILES string of the molecule is CC(C)CC(NC(=O)[C@H](COCc1ccccc1)NC(=O)c1cccc(-c2ccccc2)c1)C(=O)C1(CO)CO1. The summed E-state index contributed by atoms with van der Waals surface area (Å²) < 4.78 is 11.1. The molecule has 1 aliphatic rings. The second-order valence-electron chi connectivity index (χ2n) is 10.5. The Kier molecular flexibility index (Phi) is 9.82. The van der Waals surface area contributed by atoms with Crippen LogP contribution in [0.1, 0.15) is 36.2 Å². The van der Waals surface area contributed by atoms with Crippen molar-refractivity contribution in [3.63, 3.8) is 0 Å². The first-order chi connectivity index (χ1) is 19.3. The van der Waals surface area contributed by atoms with Crippen LogP contribution in [0.15, 0.2) is 84.9 Å². The summed E-state index contributed by atoms with van der Waals surface area (Å²) in [5.41, 5.74) is 1.88. The Morgan fingerprint density at radius 2 is 1.55 bits per heavy atom. The minimum Gasteiger partial charge on any atom is -0.393 e. The molecule has 3 aromatic carbocycles. The molecule has 1 heterocycles. The van der Waals surface area contributed by atoms with Crippen LogP contribution < -0.4 is 10.6 Å². The number of epoxide rings is 1. The lowest BCUT2D eigenvalue weighted by Crippen LogP contribution is -2.56. The van der Waals surface area contributed by atoms with E-state index < -0.39 is 36.1 Å². The van der Waals surface area contributed by atoms with E-state index in [0.717, 1.165) is 16.7 Å². The van der Waals surface area contributed by atoms with Gasteiger partial charge < -0.3 is 25.2 Å². The summed E-state index contributed by atoms with van der Waals surface area (Å²) in [6.07, 6.45) is 0.361. The molecule has 1 aliphatic heterocycles. The van der Waals surface area contributed by atoms with Gasteiger partial charge in [0.15, 0.2) is 11.4 Å². The molecule has 8 heteroatoms. The van der Waals surface area contributed by atoms with E-state index in [9.17, 15) is 19.5 Å². The molecule has 4 rings (SSSR count). The number of rotatable bonds is 14. The maximum absolute atomic E-state index is 13.5. The van der Waals surface area contributed by atoms with Gasteiger partial charge in [0.25, 0.3) is 5.91 Å². The van der Waals surface area contributed by atoms with Crippen LogP contribution in [0.5, 0.6) is 0 Å². The van der Waals surface area contributed by atoms with Gasteiger partial charge in [-0.15, -0.1) is 0 Å². The molecule has 1 fully saturated rings. The average molecular weight is 545 g/mol. The summed E-state index contributed by atoms with van der Waals surface area (Å²) in [4.78, 5) is 40.0. The maximum Gasteiger partial charge on any atom is 0.252 e. The number of benzene rings is 3. The molecule has 0 aliphatic carbocycles. The molecule has 2 amide bonds. The topological polar surface area (TPSA) is 117 Å². The Morgan fingerprint density at radius 3 is 2.17 bits per heavy atom. The van der Waals surface area contributed by atoms with Gasteiger partial charge in [0, 0.05) is 5.56 Å². The van der Waals surface area contributed by atoms with Crippen molar-refractivity contribution >= 4 is 17.6 Å². The molecular formula is C32H36N2O6. The Bertz CT molecular complexity index is 1290. The first kappa shape index (κ1) is 29.1. The van der Waals surface area contributed by atoms with Gasteiger partial charge in [0.1, 0.15) is 6.04 Å². The number of nitrogens with one attached hydrogen (secondary N) is 2. The van der Waals surface area contributed by atoms with E-state index in [1.54, 1.807) is 18.2 Å². The Hall–Kier alpha value is -3.85. The van der Waals surface area contributed by atoms with Crippen molar-refractivity contribution in [2.75, 3.05) is 19.8 Å². The van der Waals surface area contributed by atoms with Crippen molar-refractivity contribution < 1.29 is 29.0 Å². The van der Waals surface area contributed by atoms with E-state index in [-0.39, 0.29) is 31.5 Å². The lowest BCUT2D eigenvalue weighted by Gasteiger charge is -2.25. The minimum absolute atomic E-state index is 0.0897. The number of hydrogen-bond donors (Lipinski definition) is 3. The second kappa shape index (κ2) is 13.5. The molecule has 2 unspecified atom stereocenters. The van der Waals surface area contributed by atoms with Crippen molar-refractivity contribution in [3.8, 4) is 11.1 Å². The van der Waals surface area contributed by atoms with Crippen molar-refractivity contribution in [2.24, 2.45) is 5.92 Å². The van der Waals surface area contributed by atoms with Crippen LogP contribution in [-0.4, -0.2) is 60.2 Å². The van der Waals surface area contributed by atoms with Crippen LogP contribution in [0.2, 0.25) is 0 Å². The largest absolute Gasteiger partial charge is 0.393 e. The zero-order chi connectivity index (χ0) is 28.5. The van der Waals surface area contributed by atoms with Gasteiger partial charge in [-0.25, -0.2) is 0 Å². The number of Topliss-reactive ketones (excluding diaryl/α,β-unsaturated/α-hetero) is 1. The summed E-state index contributed by atoms with van der Waals surface area (Å²) in [6.45, 7) is 3.69. The third-order valence-corrected chi connectivity index (χ3v) is 6.79. The monoisotopic (exact) mass is 544 g/mol. The molecule has 3 N–H and O–H groups in total. The Labute approximate surface area is 234 Å². The number of carbonyl (C=O) groups excluding carboxylic acids is 3. The molecule has 3 aromatic rings. The van der Waals surface area contributed by atoms with Crippen LogP contribution in [-0.2, 0) is 25.7 Å². The molecule has 3 atom stereocenters. The highest BCUT2D eigenvalue weighted by molar-refractivity contribution is 6.00. The summed E-state index contributed by atoms with van der Waals surface area (Å²) in [7, 11) is 0. The number of ether oxygens (including phenoxy) is 2. The predicted molar refractivity (Wildman–Crippen MR) is 151 cm³/mol. The summed E-state index contributed by atoms with van der Waals surface area (Å²) in [6, 6.07) is 24.4. The minimum atomic E-state index is -1.27. The van der Waals surface area contributed by atoms with Crippen LogP contribution in [0.25, 0.3) is 11.1 Å². The van der Waals surface area contributed by atoms with Gasteiger partial charge in [0.05, 0.1) is 32.5 Å². The first-order valence-electron chi connectivity index (χ1n) is 13.5. The highest BCUT2D eigenvalue weighted by Gasteiger charge is 2.54. The van der Waals surface area contributed by atoms with E-state index in [4.69, 9.17) is 9.47 Å². The third kappa shape index (κ3) is 7.63. The fraction of sp³-hybridized carbons (Fsp3) is 0.344. The summed E-state index contributed by atoms with van der Waals surface area (Å²) >= 11 is 0. The zero-order valence-electron chi connectivity index (χ0n) is 22.8. The van der Waals surface area contributed by atoms with E-state index in [1.165, 1.54) is 0 Å². The Balaban J connectivity index is 1.51. The molecule has 40 heavy (non-hydrogen) atoms. The van der Waals surface area contributed by atoms with Crippen LogP contribution in [0, 0.1) is 5.92 Å². The van der Waals surface area contributed by atoms with E-state index >= 15 is 0 Å². The highest BCUT2D eigenvalue weighted by atomic mass is 16.6. The van der Waals surface area contributed by atoms with E-state index in [1.807, 2.05) is 80.6 Å². The molecule has 0 spiro atoms. The van der Waals surface area contributed by atoms with E-state index in [0.29, 0.717) is 12.0 Å². The quantitative estimate of drug-likeness (QED) is 0.267. The van der Waals surface area contributed by atoms with Gasteiger partial charge in [-0.05, 0) is 41.2 Å². The number of aliphatic hydroxyl groups excluding tert-OH is 1. The van der Waals surface area contributed by atoms with Gasteiger partial charge in [-0.1, -0.05) is 86.6 Å². The summed E-state index contributed by atoms with van der Waals surface area (Å²) in [5, 5.41) is 15.3. The lowest BCUT2D eigenvalue weighted by molar-refractivity contribution is -0.133. The van der Waals surface area contributed by atoms with Gasteiger partial charge in [0.2, 0.25) is 5.91 Å². The molecule has 0 bridgehead atoms. The van der Waals surface area contributed by atoms with Gasteiger partial charge in [-0.3, -0.25) is 14.4 Å². The molecule has 0 radical (unpaired) electrons.